The average molecular weight is 498 g/mol. The number of aromatic nitrogens is 2. The molecule has 36 heavy (non-hydrogen) atoms. The molecule has 2 aromatic heterocycles. The number of para-hydroxylation sites is 2. The molecule has 0 aliphatic rings. The number of hydrogen-bond donors (Lipinski definition) is 0. The molecule has 0 N–H and O–H groups in total. The first-order valence-corrected chi connectivity index (χ1v) is 11.9. The first-order valence-electron chi connectivity index (χ1n) is 12.6. The van der Waals surface area contributed by atoms with Gasteiger partial charge in [0.25, 0.3) is 0 Å². The van der Waals surface area contributed by atoms with E-state index in [0.29, 0.717) is 13.2 Å². The number of ether oxygens (including phenoxy) is 2. The van der Waals surface area contributed by atoms with Crippen molar-refractivity contribution in [3.8, 4) is 0 Å². The molecular weight excluding hydrogens is 459 g/mol. The summed E-state index contributed by atoms with van der Waals surface area (Å²) in [5.41, 5.74) is 3.59. The number of carbonyl (C=O) groups excluding carboxylic acids is 2. The molecule has 7 heteroatoms. The summed E-state index contributed by atoms with van der Waals surface area (Å²) < 4.78 is 29.7. The summed E-state index contributed by atoms with van der Waals surface area (Å²) in [7, 11) is -1.00. The van der Waals surface area contributed by atoms with Crippen LogP contribution in [0.25, 0.3) is 21.8 Å². The van der Waals surface area contributed by atoms with Gasteiger partial charge in [-0.3, -0.25) is 9.18 Å². The lowest BCUT2D eigenvalue weighted by atomic mass is 10.0. The number of fused-ring (bicyclic) bond motifs is 2. The number of alkyl halides is 1. The van der Waals surface area contributed by atoms with Crippen molar-refractivity contribution < 1.29 is 24.8 Å². The molecule has 0 fully saturated rings. The third-order valence-electron chi connectivity index (χ3n) is 5.84. The topological polar surface area (TPSA) is 62.5 Å². The van der Waals surface area contributed by atoms with Gasteiger partial charge in [-0.05, 0) is 76.6 Å². The van der Waals surface area contributed by atoms with Crippen LogP contribution in [0.1, 0.15) is 40.5 Å². The van der Waals surface area contributed by atoms with Crippen LogP contribution >= 0.6 is 0 Å². The second-order valence-electron chi connectivity index (χ2n) is 8.70. The quantitative estimate of drug-likeness (QED) is 0.291. The fourth-order valence-electron chi connectivity index (χ4n) is 4.33. The molecule has 2 heterocycles. The van der Waals surface area contributed by atoms with E-state index in [2.05, 4.69) is 18.2 Å². The zero-order valence-corrected chi connectivity index (χ0v) is 22.0. The highest BCUT2D eigenvalue weighted by atomic mass is 19.1. The Labute approximate surface area is 214 Å². The molecule has 0 unspecified atom stereocenters. The standard InChI is InChI=1S/C15H19NO2.C13H15NO2.CH3F/c1-5-18-14(17)15(3,4)16-11(2)10-12-8-6-7-9-13(12)16;1-3-16-13(15)9-14-10(2)8-11-6-4-5-7-12(11)14;1-2/h6-10H,5H2,1-4H3;4-8H,3,9H2,1-2H3;1H3/i;;1D. The van der Waals surface area contributed by atoms with E-state index >= 15 is 0 Å². The highest BCUT2D eigenvalue weighted by Crippen LogP contribution is 2.28. The van der Waals surface area contributed by atoms with Crippen molar-refractivity contribution in [1.82, 2.24) is 9.13 Å². The van der Waals surface area contributed by atoms with E-state index < -0.39 is 12.7 Å². The predicted octanol–water partition coefficient (Wildman–Crippen LogP) is 6.35. The van der Waals surface area contributed by atoms with Gasteiger partial charge in [0.05, 0.1) is 21.7 Å². The zero-order valence-electron chi connectivity index (χ0n) is 23.0. The number of rotatable bonds is 6. The van der Waals surface area contributed by atoms with Crippen LogP contribution in [0.15, 0.2) is 60.7 Å². The van der Waals surface area contributed by atoms with Crippen molar-refractivity contribution in [3.05, 3.63) is 72.1 Å². The lowest BCUT2D eigenvalue weighted by Crippen LogP contribution is -2.38. The van der Waals surface area contributed by atoms with Crippen molar-refractivity contribution in [2.24, 2.45) is 0 Å². The monoisotopic (exact) mass is 497 g/mol. The molecule has 2 aromatic carbocycles. The Morgan fingerprint density at radius 1 is 0.889 bits per heavy atom. The van der Waals surface area contributed by atoms with Gasteiger partial charge in [-0.15, -0.1) is 0 Å². The van der Waals surface area contributed by atoms with Crippen LogP contribution in [-0.4, -0.2) is 41.4 Å². The Morgan fingerprint density at radius 3 is 1.97 bits per heavy atom. The Balaban J connectivity index is 0.000000237. The van der Waals surface area contributed by atoms with E-state index in [-0.39, 0.29) is 18.5 Å². The minimum absolute atomic E-state index is 0.188. The number of hydrogen-bond acceptors (Lipinski definition) is 4. The third-order valence-corrected chi connectivity index (χ3v) is 5.84. The van der Waals surface area contributed by atoms with Gasteiger partial charge >= 0.3 is 11.9 Å². The number of aryl methyl sites for hydroxylation is 2. The highest BCUT2D eigenvalue weighted by molar-refractivity contribution is 5.86. The van der Waals surface area contributed by atoms with E-state index in [4.69, 9.17) is 10.8 Å². The van der Waals surface area contributed by atoms with Crippen LogP contribution < -0.4 is 0 Å². The molecule has 6 nitrogen and oxygen atoms in total. The molecule has 0 saturated heterocycles. The fraction of sp³-hybridized carbons (Fsp3) is 0.379. The summed E-state index contributed by atoms with van der Waals surface area (Å²) in [6.07, 6.45) is 0. The number of benzene rings is 2. The molecule has 0 radical (unpaired) electrons. The normalized spacial score (nSPS) is 11.1. The SMILES string of the molecule is CCOC(=O)C(C)(C)n1c(C)cc2ccccc21.CCOC(=O)Cn1c(C)cc2ccccc21.[2H]CF. The Hall–Kier alpha value is -3.61. The van der Waals surface area contributed by atoms with Crippen molar-refractivity contribution in [1.29, 1.82) is 0 Å². The molecule has 0 saturated carbocycles. The van der Waals surface area contributed by atoms with Crippen LogP contribution in [0, 0.1) is 13.8 Å². The minimum atomic E-state index is -1.00. The maximum atomic E-state index is 12.1. The van der Waals surface area contributed by atoms with Crippen LogP contribution in [0.2, 0.25) is 0 Å². The first-order chi connectivity index (χ1) is 17.6. The average Bonchev–Trinajstić information content (AvgIpc) is 3.36. The Bertz CT molecular complexity index is 1330. The molecular formula is C29H37FN2O4. The van der Waals surface area contributed by atoms with Crippen LogP contribution in [0.4, 0.5) is 4.39 Å². The van der Waals surface area contributed by atoms with Gasteiger partial charge in [-0.1, -0.05) is 36.4 Å². The van der Waals surface area contributed by atoms with Crippen LogP contribution in [0.5, 0.6) is 0 Å². The molecule has 0 amide bonds. The third kappa shape index (κ3) is 6.33. The van der Waals surface area contributed by atoms with Crippen molar-refractivity contribution in [2.45, 2.75) is 53.6 Å². The van der Waals surface area contributed by atoms with Gasteiger partial charge in [0.1, 0.15) is 12.1 Å². The van der Waals surface area contributed by atoms with E-state index in [1.807, 2.05) is 93.1 Å². The second-order valence-corrected chi connectivity index (χ2v) is 8.70. The number of carbonyl (C=O) groups is 2. The summed E-state index contributed by atoms with van der Waals surface area (Å²) in [4.78, 5) is 23.6. The molecule has 4 aromatic rings. The Morgan fingerprint density at radius 2 is 1.39 bits per heavy atom. The molecule has 0 atom stereocenters. The van der Waals surface area contributed by atoms with Crippen molar-refractivity contribution in [3.63, 3.8) is 0 Å². The van der Waals surface area contributed by atoms with Crippen LogP contribution in [-0.2, 0) is 31.1 Å². The smallest absolute Gasteiger partial charge is 0.331 e. The molecule has 0 bridgehead atoms. The van der Waals surface area contributed by atoms with E-state index in [1.54, 1.807) is 0 Å². The predicted molar refractivity (Wildman–Crippen MR) is 143 cm³/mol. The highest BCUT2D eigenvalue weighted by Gasteiger charge is 2.33. The maximum Gasteiger partial charge on any atom is 0.331 e. The molecule has 0 aliphatic heterocycles. The summed E-state index contributed by atoms with van der Waals surface area (Å²) in [6.45, 7) is 12.6. The molecule has 0 aliphatic carbocycles. The maximum absolute atomic E-state index is 12.1. The van der Waals surface area contributed by atoms with Crippen molar-refractivity contribution in [2.75, 3.05) is 20.4 Å². The fourth-order valence-corrected chi connectivity index (χ4v) is 4.33. The van der Waals surface area contributed by atoms with Gasteiger partial charge < -0.3 is 18.6 Å². The van der Waals surface area contributed by atoms with Gasteiger partial charge in [0.15, 0.2) is 0 Å². The van der Waals surface area contributed by atoms with Gasteiger partial charge in [0, 0.05) is 22.4 Å². The Kier molecular flexibility index (Phi) is 9.68. The molecule has 194 valence electrons. The minimum Gasteiger partial charge on any atom is -0.465 e. The zero-order chi connectivity index (χ0) is 27.6. The number of halogens is 1. The summed E-state index contributed by atoms with van der Waals surface area (Å²) in [5, 5.41) is 2.30. The summed E-state index contributed by atoms with van der Waals surface area (Å²) in [5.74, 6) is -0.388. The number of esters is 2. The second kappa shape index (κ2) is 12.9. The van der Waals surface area contributed by atoms with E-state index in [9.17, 15) is 14.0 Å². The summed E-state index contributed by atoms with van der Waals surface area (Å²) >= 11 is 0. The largest absolute Gasteiger partial charge is 0.465 e. The van der Waals surface area contributed by atoms with Gasteiger partial charge in [0.2, 0.25) is 0 Å². The van der Waals surface area contributed by atoms with Crippen molar-refractivity contribution >= 4 is 33.7 Å². The lowest BCUT2D eigenvalue weighted by molar-refractivity contribution is -0.152. The summed E-state index contributed by atoms with van der Waals surface area (Å²) in [6, 6.07) is 20.3. The lowest BCUT2D eigenvalue weighted by Gasteiger charge is -2.27. The van der Waals surface area contributed by atoms with Crippen LogP contribution in [0.3, 0.4) is 0 Å². The van der Waals surface area contributed by atoms with Gasteiger partial charge in [-0.2, -0.15) is 0 Å². The number of nitrogens with zero attached hydrogens (tertiary/aromatic N) is 2. The molecule has 4 rings (SSSR count). The van der Waals surface area contributed by atoms with E-state index in [0.717, 1.165) is 33.2 Å². The first kappa shape index (κ1) is 27.0. The van der Waals surface area contributed by atoms with E-state index in [1.165, 1.54) is 0 Å². The molecule has 0 spiro atoms. The van der Waals surface area contributed by atoms with Gasteiger partial charge in [-0.25, -0.2) is 4.79 Å².